The Balaban J connectivity index is 1.91. The van der Waals surface area contributed by atoms with Crippen molar-refractivity contribution in [3.05, 3.63) is 0 Å². The molecule has 1 unspecified atom stereocenters. The van der Waals surface area contributed by atoms with E-state index in [2.05, 4.69) is 5.32 Å². The number of hydrogen-bond acceptors (Lipinski definition) is 3. The van der Waals surface area contributed by atoms with Crippen LogP contribution in [-0.2, 0) is 9.59 Å². The molecule has 2 N–H and O–H groups in total. The van der Waals surface area contributed by atoms with Crippen LogP contribution in [0, 0.1) is 5.92 Å². The standard InChI is InChI=1S/C15H26N2O3/c18-14(19)11-16-13(10-12-6-2-1-3-7-12)15(20)17-8-4-5-9-17/h12-13,16H,1-11H2,(H,18,19). The maximum Gasteiger partial charge on any atom is 0.317 e. The molecule has 1 atom stereocenters. The van der Waals surface area contributed by atoms with Gasteiger partial charge in [-0.1, -0.05) is 32.1 Å². The second-order valence-corrected chi connectivity index (χ2v) is 6.10. The van der Waals surface area contributed by atoms with Gasteiger partial charge in [0.15, 0.2) is 0 Å². The first kappa shape index (κ1) is 15.3. The molecule has 2 rings (SSSR count). The number of carbonyl (C=O) groups is 2. The van der Waals surface area contributed by atoms with E-state index in [1.54, 1.807) is 0 Å². The van der Waals surface area contributed by atoms with Crippen LogP contribution in [-0.4, -0.2) is 47.6 Å². The summed E-state index contributed by atoms with van der Waals surface area (Å²) in [4.78, 5) is 25.1. The van der Waals surface area contributed by atoms with Gasteiger partial charge in [-0.05, 0) is 25.2 Å². The fourth-order valence-electron chi connectivity index (χ4n) is 3.40. The van der Waals surface area contributed by atoms with E-state index < -0.39 is 5.97 Å². The highest BCUT2D eigenvalue weighted by Gasteiger charge is 2.29. The Labute approximate surface area is 120 Å². The number of amides is 1. The molecule has 1 aliphatic heterocycles. The minimum atomic E-state index is -0.895. The lowest BCUT2D eigenvalue weighted by atomic mass is 9.84. The summed E-state index contributed by atoms with van der Waals surface area (Å²) in [7, 11) is 0. The molecule has 20 heavy (non-hydrogen) atoms. The van der Waals surface area contributed by atoms with E-state index in [1.165, 1.54) is 32.1 Å². The lowest BCUT2D eigenvalue weighted by molar-refractivity contribution is -0.137. The molecule has 0 aromatic carbocycles. The van der Waals surface area contributed by atoms with Crippen LogP contribution in [0.5, 0.6) is 0 Å². The number of carbonyl (C=O) groups excluding carboxylic acids is 1. The van der Waals surface area contributed by atoms with Crippen LogP contribution in [0.3, 0.4) is 0 Å². The van der Waals surface area contributed by atoms with Gasteiger partial charge in [0, 0.05) is 13.1 Å². The Bertz CT molecular complexity index is 334. The summed E-state index contributed by atoms with van der Waals surface area (Å²) in [6.45, 7) is 1.53. The maximum absolute atomic E-state index is 12.5. The van der Waals surface area contributed by atoms with E-state index in [0.717, 1.165) is 32.4 Å². The average Bonchev–Trinajstić information content (AvgIpc) is 2.97. The highest BCUT2D eigenvalue weighted by atomic mass is 16.4. The van der Waals surface area contributed by atoms with Crippen LogP contribution in [0.2, 0.25) is 0 Å². The molecule has 5 nitrogen and oxygen atoms in total. The molecule has 1 saturated heterocycles. The normalized spacial score (nSPS) is 21.9. The summed E-state index contributed by atoms with van der Waals surface area (Å²) in [6.07, 6.45) is 9.08. The van der Waals surface area contributed by atoms with E-state index in [0.29, 0.717) is 5.92 Å². The Hall–Kier alpha value is -1.10. The molecule has 2 aliphatic rings. The predicted octanol–water partition coefficient (Wildman–Crippen LogP) is 1.62. The third-order valence-corrected chi connectivity index (χ3v) is 4.51. The number of nitrogens with one attached hydrogen (secondary N) is 1. The molecule has 0 aromatic rings. The molecule has 5 heteroatoms. The second kappa shape index (κ2) is 7.62. The second-order valence-electron chi connectivity index (χ2n) is 6.10. The third kappa shape index (κ3) is 4.47. The number of nitrogens with zero attached hydrogens (tertiary/aromatic N) is 1. The Morgan fingerprint density at radius 1 is 1.10 bits per heavy atom. The van der Waals surface area contributed by atoms with Gasteiger partial charge in [0.25, 0.3) is 0 Å². The van der Waals surface area contributed by atoms with Gasteiger partial charge in [-0.2, -0.15) is 0 Å². The predicted molar refractivity (Wildman–Crippen MR) is 76.4 cm³/mol. The van der Waals surface area contributed by atoms with E-state index in [-0.39, 0.29) is 18.5 Å². The van der Waals surface area contributed by atoms with Crippen molar-refractivity contribution >= 4 is 11.9 Å². The van der Waals surface area contributed by atoms with Crippen LogP contribution in [0.25, 0.3) is 0 Å². The van der Waals surface area contributed by atoms with E-state index in [4.69, 9.17) is 5.11 Å². The zero-order valence-corrected chi connectivity index (χ0v) is 12.1. The molecule has 2 fully saturated rings. The fourth-order valence-corrected chi connectivity index (χ4v) is 3.40. The van der Waals surface area contributed by atoms with Crippen molar-refractivity contribution in [2.24, 2.45) is 5.92 Å². The van der Waals surface area contributed by atoms with Crippen LogP contribution >= 0.6 is 0 Å². The van der Waals surface area contributed by atoms with Crippen molar-refractivity contribution in [2.45, 2.75) is 57.4 Å². The molecular weight excluding hydrogens is 256 g/mol. The number of rotatable bonds is 6. The van der Waals surface area contributed by atoms with Crippen molar-refractivity contribution in [1.29, 1.82) is 0 Å². The van der Waals surface area contributed by atoms with Gasteiger partial charge in [0.1, 0.15) is 0 Å². The summed E-state index contributed by atoms with van der Waals surface area (Å²) < 4.78 is 0. The fraction of sp³-hybridized carbons (Fsp3) is 0.867. The van der Waals surface area contributed by atoms with Crippen LogP contribution in [0.4, 0.5) is 0 Å². The lowest BCUT2D eigenvalue weighted by Gasteiger charge is -2.29. The summed E-state index contributed by atoms with van der Waals surface area (Å²) in [6, 6.07) is -0.313. The van der Waals surface area contributed by atoms with Gasteiger partial charge in [-0.15, -0.1) is 0 Å². The first-order valence-corrected chi connectivity index (χ1v) is 7.91. The summed E-state index contributed by atoms with van der Waals surface area (Å²) in [5.74, 6) is -0.219. The number of carboxylic acid groups (broad SMARTS) is 1. The van der Waals surface area contributed by atoms with E-state index >= 15 is 0 Å². The van der Waals surface area contributed by atoms with Gasteiger partial charge >= 0.3 is 5.97 Å². The van der Waals surface area contributed by atoms with Gasteiger partial charge in [-0.25, -0.2) is 0 Å². The third-order valence-electron chi connectivity index (χ3n) is 4.51. The monoisotopic (exact) mass is 282 g/mol. The van der Waals surface area contributed by atoms with Gasteiger partial charge in [-0.3, -0.25) is 14.9 Å². The molecule has 1 aliphatic carbocycles. The van der Waals surface area contributed by atoms with Crippen molar-refractivity contribution in [1.82, 2.24) is 10.2 Å². The molecule has 0 radical (unpaired) electrons. The number of likely N-dealkylation sites (tertiary alicyclic amines) is 1. The first-order valence-electron chi connectivity index (χ1n) is 7.91. The molecular formula is C15H26N2O3. The van der Waals surface area contributed by atoms with Crippen molar-refractivity contribution in [3.8, 4) is 0 Å². The largest absolute Gasteiger partial charge is 0.480 e. The van der Waals surface area contributed by atoms with E-state index in [9.17, 15) is 9.59 Å². The molecule has 0 spiro atoms. The molecule has 1 amide bonds. The summed E-state index contributed by atoms with van der Waals surface area (Å²) in [5, 5.41) is 11.8. The maximum atomic E-state index is 12.5. The van der Waals surface area contributed by atoms with Crippen molar-refractivity contribution < 1.29 is 14.7 Å². The highest BCUT2D eigenvalue weighted by Crippen LogP contribution is 2.28. The number of hydrogen-bond donors (Lipinski definition) is 2. The highest BCUT2D eigenvalue weighted by molar-refractivity contribution is 5.82. The van der Waals surface area contributed by atoms with Gasteiger partial charge in [0.05, 0.1) is 12.6 Å². The van der Waals surface area contributed by atoms with Crippen LogP contribution in [0.15, 0.2) is 0 Å². The Morgan fingerprint density at radius 2 is 1.75 bits per heavy atom. The molecule has 0 aromatic heterocycles. The minimum absolute atomic E-state index is 0.106. The Kier molecular flexibility index (Phi) is 5.83. The van der Waals surface area contributed by atoms with Crippen molar-refractivity contribution in [3.63, 3.8) is 0 Å². The van der Waals surface area contributed by atoms with Crippen molar-refractivity contribution in [2.75, 3.05) is 19.6 Å². The molecule has 1 saturated carbocycles. The van der Waals surface area contributed by atoms with Crippen LogP contribution in [0.1, 0.15) is 51.4 Å². The zero-order valence-electron chi connectivity index (χ0n) is 12.1. The quantitative estimate of drug-likeness (QED) is 0.777. The first-order chi connectivity index (χ1) is 9.66. The Morgan fingerprint density at radius 3 is 2.35 bits per heavy atom. The van der Waals surface area contributed by atoms with Crippen LogP contribution < -0.4 is 5.32 Å². The smallest absolute Gasteiger partial charge is 0.317 e. The summed E-state index contributed by atoms with van der Waals surface area (Å²) in [5.41, 5.74) is 0. The molecule has 1 heterocycles. The zero-order chi connectivity index (χ0) is 14.4. The molecule has 114 valence electrons. The number of aliphatic carboxylic acids is 1. The summed E-state index contributed by atoms with van der Waals surface area (Å²) >= 11 is 0. The topological polar surface area (TPSA) is 69.6 Å². The minimum Gasteiger partial charge on any atom is -0.480 e. The van der Waals surface area contributed by atoms with Gasteiger partial charge < -0.3 is 10.0 Å². The average molecular weight is 282 g/mol. The SMILES string of the molecule is O=C(O)CNC(CC1CCCCC1)C(=O)N1CCCC1. The molecule has 0 bridgehead atoms. The van der Waals surface area contributed by atoms with Gasteiger partial charge in [0.2, 0.25) is 5.91 Å². The number of carboxylic acids is 1. The van der Waals surface area contributed by atoms with E-state index in [1.807, 2.05) is 4.90 Å². The lowest BCUT2D eigenvalue weighted by Crippen LogP contribution is -2.48.